The van der Waals surface area contributed by atoms with Crippen molar-refractivity contribution in [2.75, 3.05) is 9.80 Å². The molecule has 4 heteroatoms. The van der Waals surface area contributed by atoms with Gasteiger partial charge in [-0.2, -0.15) is 0 Å². The van der Waals surface area contributed by atoms with Gasteiger partial charge in [0.15, 0.2) is 0 Å². The molecule has 0 bridgehead atoms. The lowest BCUT2D eigenvalue weighted by Gasteiger charge is -2.28. The van der Waals surface area contributed by atoms with Gasteiger partial charge in [-0.15, -0.1) is 11.3 Å². The number of aromatic nitrogens is 1. The van der Waals surface area contributed by atoms with E-state index >= 15 is 0 Å². The molecule has 1 aliphatic carbocycles. The summed E-state index contributed by atoms with van der Waals surface area (Å²) in [5.41, 5.74) is 13.5. The second-order valence-corrected chi connectivity index (χ2v) is 16.8. The number of thiophene rings is 1. The van der Waals surface area contributed by atoms with Crippen molar-refractivity contribution in [2.45, 2.75) is 19.3 Å². The van der Waals surface area contributed by atoms with Crippen LogP contribution in [0.2, 0.25) is 0 Å². The van der Waals surface area contributed by atoms with Crippen LogP contribution in [0.1, 0.15) is 25.0 Å². The van der Waals surface area contributed by atoms with Crippen molar-refractivity contribution in [2.24, 2.45) is 0 Å². The first-order valence-corrected chi connectivity index (χ1v) is 20.5. The van der Waals surface area contributed by atoms with Crippen molar-refractivity contribution in [1.29, 1.82) is 0 Å². The molecular formula is C53H37N3S. The van der Waals surface area contributed by atoms with E-state index in [-0.39, 0.29) is 5.41 Å². The number of rotatable bonds is 6. The molecule has 8 aromatic carbocycles. The zero-order valence-electron chi connectivity index (χ0n) is 31.6. The van der Waals surface area contributed by atoms with E-state index in [9.17, 15) is 0 Å². The van der Waals surface area contributed by atoms with Gasteiger partial charge in [0, 0.05) is 65.7 Å². The summed E-state index contributed by atoms with van der Waals surface area (Å²) in [4.78, 5) is 6.11. The molecule has 3 aromatic heterocycles. The van der Waals surface area contributed by atoms with Crippen LogP contribution in [0.5, 0.6) is 0 Å². The molecule has 0 spiro atoms. The average Bonchev–Trinajstić information content (AvgIpc) is 3.96. The summed E-state index contributed by atoms with van der Waals surface area (Å²) in [6.45, 7) is 4.83. The Morgan fingerprint density at radius 3 is 1.68 bits per heavy atom. The lowest BCUT2D eigenvalue weighted by Crippen LogP contribution is -2.16. The Morgan fingerprint density at radius 2 is 1.05 bits per heavy atom. The maximum Gasteiger partial charge on any atom is 0.109 e. The lowest BCUT2D eigenvalue weighted by atomic mass is 9.81. The highest BCUT2D eigenvalue weighted by Gasteiger charge is 2.42. The molecule has 3 heterocycles. The molecular weight excluding hydrogens is 711 g/mol. The molecule has 0 fully saturated rings. The van der Waals surface area contributed by atoms with E-state index in [0.717, 1.165) is 28.4 Å². The highest BCUT2D eigenvalue weighted by molar-refractivity contribution is 7.25. The summed E-state index contributed by atoms with van der Waals surface area (Å²) < 4.78 is 3.94. The second-order valence-electron chi connectivity index (χ2n) is 15.8. The predicted molar refractivity (Wildman–Crippen MR) is 243 cm³/mol. The third-order valence-electron chi connectivity index (χ3n) is 12.2. The van der Waals surface area contributed by atoms with Crippen LogP contribution < -0.4 is 9.80 Å². The number of hydrogen-bond donors (Lipinski definition) is 0. The Bertz CT molecular complexity index is 3230. The van der Waals surface area contributed by atoms with Crippen LogP contribution in [0.25, 0.3) is 58.6 Å². The fraction of sp³-hybridized carbons (Fsp3) is 0.0566. The zero-order valence-corrected chi connectivity index (χ0v) is 32.5. The van der Waals surface area contributed by atoms with Crippen LogP contribution in [0, 0.1) is 0 Å². The summed E-state index contributed by atoms with van der Waals surface area (Å²) in [5.74, 6) is 0. The van der Waals surface area contributed by atoms with Crippen LogP contribution in [-0.4, -0.2) is 4.40 Å². The van der Waals surface area contributed by atoms with Gasteiger partial charge in [-0.05, 0) is 101 Å². The van der Waals surface area contributed by atoms with Crippen molar-refractivity contribution in [1.82, 2.24) is 4.40 Å². The van der Waals surface area contributed by atoms with Crippen molar-refractivity contribution in [3.05, 3.63) is 199 Å². The Balaban J connectivity index is 1.14. The number of anilines is 6. The first-order chi connectivity index (χ1) is 28.1. The summed E-state index contributed by atoms with van der Waals surface area (Å²) >= 11 is 1.93. The SMILES string of the molecule is CC1(C)c2ccccc2-c2c1c1c(N(c3ccccc3)c3ccccc3)ccc3c4c5cc6ccc(N(c7ccccc7)c7ccccc7)cc6cc5sc4n2c13. The average molecular weight is 748 g/mol. The van der Waals surface area contributed by atoms with Gasteiger partial charge >= 0.3 is 0 Å². The highest BCUT2D eigenvalue weighted by Crippen LogP contribution is 2.59. The molecule has 0 radical (unpaired) electrons. The molecule has 270 valence electrons. The Hall–Kier alpha value is -6.88. The second kappa shape index (κ2) is 12.1. The van der Waals surface area contributed by atoms with Crippen LogP contribution in [-0.2, 0) is 5.41 Å². The standard InChI is InChI=1S/C53H37N3S/c1-53(2)44-26-16-15-25-41(44)51-49(53)48-45(55(38-21-11-5-12-22-38)39-23-13-6-14-24-39)30-29-42-47-43-32-34-27-28-40(31-35(34)33-46(43)57-52(47)56(51)50(42)48)54(36-17-7-3-8-18-36)37-19-9-4-10-20-37/h3-33H,1-2H3. The molecule has 57 heavy (non-hydrogen) atoms. The van der Waals surface area contributed by atoms with Gasteiger partial charge in [0.25, 0.3) is 0 Å². The van der Waals surface area contributed by atoms with Crippen LogP contribution >= 0.6 is 11.3 Å². The van der Waals surface area contributed by atoms with Crippen LogP contribution in [0.3, 0.4) is 0 Å². The van der Waals surface area contributed by atoms with Crippen LogP contribution in [0.4, 0.5) is 34.1 Å². The Labute approximate surface area is 335 Å². The van der Waals surface area contributed by atoms with Crippen LogP contribution in [0.15, 0.2) is 188 Å². The third-order valence-corrected chi connectivity index (χ3v) is 13.3. The zero-order chi connectivity index (χ0) is 37.8. The van der Waals surface area contributed by atoms with E-state index in [1.54, 1.807) is 0 Å². The van der Waals surface area contributed by atoms with Gasteiger partial charge in [-0.3, -0.25) is 4.40 Å². The number of nitrogens with zero attached hydrogens (tertiary/aromatic N) is 3. The number of fused-ring (bicyclic) bond motifs is 11. The summed E-state index contributed by atoms with van der Waals surface area (Å²) in [6.07, 6.45) is 0. The van der Waals surface area contributed by atoms with Gasteiger partial charge in [-0.1, -0.05) is 123 Å². The van der Waals surface area contributed by atoms with E-state index in [1.807, 2.05) is 11.3 Å². The van der Waals surface area contributed by atoms with Crippen molar-refractivity contribution >= 4 is 92.8 Å². The van der Waals surface area contributed by atoms with E-state index in [0.29, 0.717) is 0 Å². The first-order valence-electron chi connectivity index (χ1n) is 19.7. The van der Waals surface area contributed by atoms with Gasteiger partial charge in [0.05, 0.1) is 16.9 Å². The van der Waals surface area contributed by atoms with E-state index < -0.39 is 0 Å². The molecule has 0 saturated heterocycles. The van der Waals surface area contributed by atoms with E-state index in [4.69, 9.17) is 0 Å². The molecule has 0 saturated carbocycles. The van der Waals surface area contributed by atoms with Crippen molar-refractivity contribution in [3.8, 4) is 11.3 Å². The molecule has 0 aliphatic heterocycles. The molecule has 0 amide bonds. The number of benzene rings is 8. The maximum atomic E-state index is 2.63. The number of hydrogen-bond acceptors (Lipinski definition) is 3. The van der Waals surface area contributed by atoms with Gasteiger partial charge < -0.3 is 9.80 Å². The largest absolute Gasteiger partial charge is 0.310 e. The monoisotopic (exact) mass is 747 g/mol. The topological polar surface area (TPSA) is 10.9 Å². The molecule has 0 unspecified atom stereocenters. The lowest BCUT2D eigenvalue weighted by molar-refractivity contribution is 0.666. The first kappa shape index (κ1) is 32.4. The molecule has 3 nitrogen and oxygen atoms in total. The molecule has 0 N–H and O–H groups in total. The summed E-state index contributed by atoms with van der Waals surface area (Å²) in [5, 5.41) is 7.79. The minimum Gasteiger partial charge on any atom is -0.310 e. The molecule has 1 aliphatic rings. The molecule has 11 aromatic rings. The van der Waals surface area contributed by atoms with Gasteiger partial charge in [0.1, 0.15) is 4.83 Å². The quantitative estimate of drug-likeness (QED) is 0.168. The normalized spacial score (nSPS) is 13.2. The minimum absolute atomic E-state index is 0.190. The smallest absolute Gasteiger partial charge is 0.109 e. The Kier molecular flexibility index (Phi) is 6.85. The number of para-hydroxylation sites is 4. The minimum atomic E-state index is -0.190. The Morgan fingerprint density at radius 1 is 0.474 bits per heavy atom. The maximum absolute atomic E-state index is 2.63. The van der Waals surface area contributed by atoms with Gasteiger partial charge in [0.2, 0.25) is 0 Å². The fourth-order valence-electron chi connectivity index (χ4n) is 9.78. The highest BCUT2D eigenvalue weighted by atomic mass is 32.1. The molecule has 0 atom stereocenters. The predicted octanol–water partition coefficient (Wildman–Crippen LogP) is 15.3. The summed E-state index contributed by atoms with van der Waals surface area (Å²) in [6, 6.07) is 68.6. The van der Waals surface area contributed by atoms with Crippen molar-refractivity contribution < 1.29 is 0 Å². The third kappa shape index (κ3) is 4.59. The molecule has 12 rings (SSSR count). The van der Waals surface area contributed by atoms with Gasteiger partial charge in [-0.25, -0.2) is 0 Å². The van der Waals surface area contributed by atoms with E-state index in [1.165, 1.54) is 75.4 Å². The van der Waals surface area contributed by atoms with Crippen molar-refractivity contribution in [3.63, 3.8) is 0 Å². The summed E-state index contributed by atoms with van der Waals surface area (Å²) in [7, 11) is 0. The fourth-order valence-corrected chi connectivity index (χ4v) is 11.0. The van der Waals surface area contributed by atoms with E-state index in [2.05, 4.69) is 216 Å².